The number of carbonyl (C=O) groups excluding carboxylic acids is 1. The van der Waals surface area contributed by atoms with E-state index in [0.29, 0.717) is 40.6 Å². The van der Waals surface area contributed by atoms with E-state index in [1.807, 2.05) is 0 Å². The van der Waals surface area contributed by atoms with Crippen molar-refractivity contribution in [2.75, 3.05) is 6.61 Å². The lowest BCUT2D eigenvalue weighted by atomic mass is 10.2. The smallest absolute Gasteiger partial charge is 0.338 e. The number of carbonyl (C=O) groups is 1. The maximum atomic E-state index is 12.4. The lowest BCUT2D eigenvalue weighted by Gasteiger charge is -2.13. The fourth-order valence-electron chi connectivity index (χ4n) is 2.53. The largest absolute Gasteiger partial charge is 0.493 e. The number of hydrogen-bond donors (Lipinski definition) is 1. The molecule has 1 aromatic heterocycles. The lowest BCUT2D eigenvalue weighted by Crippen LogP contribution is -2.17. The number of benzene rings is 2. The SMILES string of the molecule is CC(C)COc1ccc(C(=O)O[C@@H](C)c2nc3ccccc3c(=O)[nH]2)cc1. The van der Waals surface area contributed by atoms with Gasteiger partial charge in [-0.2, -0.15) is 0 Å². The van der Waals surface area contributed by atoms with Crippen molar-refractivity contribution in [2.45, 2.75) is 26.9 Å². The number of fused-ring (bicyclic) bond motifs is 1. The molecule has 1 N–H and O–H groups in total. The number of esters is 1. The molecule has 0 fully saturated rings. The van der Waals surface area contributed by atoms with Crippen LogP contribution in [0, 0.1) is 5.92 Å². The second-order valence-corrected chi connectivity index (χ2v) is 6.75. The minimum Gasteiger partial charge on any atom is -0.493 e. The second-order valence-electron chi connectivity index (χ2n) is 6.75. The zero-order valence-corrected chi connectivity index (χ0v) is 15.6. The minimum absolute atomic E-state index is 0.259. The number of rotatable bonds is 6. The van der Waals surface area contributed by atoms with Crippen LogP contribution in [0.1, 0.15) is 43.1 Å². The molecule has 3 rings (SSSR count). The van der Waals surface area contributed by atoms with Gasteiger partial charge in [0.25, 0.3) is 5.56 Å². The number of hydrogen-bond acceptors (Lipinski definition) is 5. The molecule has 0 amide bonds. The van der Waals surface area contributed by atoms with E-state index in [1.54, 1.807) is 55.5 Å². The number of para-hydroxylation sites is 1. The Morgan fingerprint density at radius 1 is 1.07 bits per heavy atom. The molecule has 0 saturated heterocycles. The molecule has 0 aliphatic carbocycles. The Labute approximate surface area is 157 Å². The zero-order chi connectivity index (χ0) is 19.4. The third kappa shape index (κ3) is 4.53. The molecule has 0 aliphatic rings. The van der Waals surface area contributed by atoms with Crippen LogP contribution in [-0.2, 0) is 4.74 Å². The van der Waals surface area contributed by atoms with Crippen LogP contribution in [0.5, 0.6) is 5.75 Å². The van der Waals surface area contributed by atoms with Crippen molar-refractivity contribution in [3.63, 3.8) is 0 Å². The monoisotopic (exact) mass is 366 g/mol. The zero-order valence-electron chi connectivity index (χ0n) is 15.6. The van der Waals surface area contributed by atoms with E-state index in [4.69, 9.17) is 9.47 Å². The van der Waals surface area contributed by atoms with E-state index >= 15 is 0 Å². The number of nitrogens with zero attached hydrogens (tertiary/aromatic N) is 1. The van der Waals surface area contributed by atoms with Crippen molar-refractivity contribution in [2.24, 2.45) is 5.92 Å². The summed E-state index contributed by atoms with van der Waals surface area (Å²) in [6, 6.07) is 13.8. The molecule has 0 aliphatic heterocycles. The Hall–Kier alpha value is -3.15. The maximum Gasteiger partial charge on any atom is 0.338 e. The summed E-state index contributed by atoms with van der Waals surface area (Å²) in [4.78, 5) is 31.6. The average Bonchev–Trinajstić information content (AvgIpc) is 2.66. The van der Waals surface area contributed by atoms with E-state index in [0.717, 1.165) is 0 Å². The Morgan fingerprint density at radius 2 is 1.78 bits per heavy atom. The van der Waals surface area contributed by atoms with Gasteiger partial charge >= 0.3 is 5.97 Å². The molecule has 0 spiro atoms. The van der Waals surface area contributed by atoms with Crippen molar-refractivity contribution in [1.29, 1.82) is 0 Å². The summed E-state index contributed by atoms with van der Waals surface area (Å²) < 4.78 is 11.1. The molecule has 1 atom stereocenters. The third-order valence-corrected chi connectivity index (χ3v) is 3.97. The van der Waals surface area contributed by atoms with Gasteiger partial charge in [0.1, 0.15) is 5.75 Å². The summed E-state index contributed by atoms with van der Waals surface area (Å²) in [5, 5.41) is 0.497. The van der Waals surface area contributed by atoms with Gasteiger partial charge in [-0.25, -0.2) is 9.78 Å². The number of aromatic amines is 1. The molecule has 6 nitrogen and oxygen atoms in total. The highest BCUT2D eigenvalue weighted by Crippen LogP contribution is 2.18. The van der Waals surface area contributed by atoms with E-state index in [2.05, 4.69) is 23.8 Å². The van der Waals surface area contributed by atoms with Gasteiger partial charge < -0.3 is 14.5 Å². The highest BCUT2D eigenvalue weighted by Gasteiger charge is 2.17. The molecule has 3 aromatic rings. The quantitative estimate of drug-likeness (QED) is 0.670. The first kappa shape index (κ1) is 18.6. The summed E-state index contributed by atoms with van der Waals surface area (Å²) in [6.45, 7) is 6.42. The van der Waals surface area contributed by atoms with Crippen LogP contribution in [0.15, 0.2) is 53.3 Å². The van der Waals surface area contributed by atoms with Crippen molar-refractivity contribution in [1.82, 2.24) is 9.97 Å². The van der Waals surface area contributed by atoms with Gasteiger partial charge in [0.2, 0.25) is 0 Å². The molecular formula is C21H22N2O4. The summed E-state index contributed by atoms with van der Waals surface area (Å²) in [7, 11) is 0. The summed E-state index contributed by atoms with van der Waals surface area (Å²) >= 11 is 0. The molecule has 0 radical (unpaired) electrons. The average molecular weight is 366 g/mol. The van der Waals surface area contributed by atoms with Gasteiger partial charge in [-0.3, -0.25) is 4.79 Å². The standard InChI is InChI=1S/C21H22N2O4/c1-13(2)12-26-16-10-8-15(9-11-16)21(25)27-14(3)19-22-18-7-5-4-6-17(18)20(24)23-19/h4-11,13-14H,12H2,1-3H3,(H,22,23,24)/t14-/m0/s1. The minimum atomic E-state index is -0.688. The number of nitrogens with one attached hydrogen (secondary N) is 1. The van der Waals surface area contributed by atoms with Crippen LogP contribution in [-0.4, -0.2) is 22.5 Å². The lowest BCUT2D eigenvalue weighted by molar-refractivity contribution is 0.0320. The second kappa shape index (κ2) is 8.03. The van der Waals surface area contributed by atoms with Gasteiger partial charge in [-0.05, 0) is 49.2 Å². The predicted molar refractivity (Wildman–Crippen MR) is 103 cm³/mol. The molecule has 0 unspecified atom stereocenters. The Bertz CT molecular complexity index is 993. The Morgan fingerprint density at radius 3 is 2.48 bits per heavy atom. The van der Waals surface area contributed by atoms with Crippen molar-refractivity contribution < 1.29 is 14.3 Å². The molecule has 0 bridgehead atoms. The van der Waals surface area contributed by atoms with Crippen molar-refractivity contribution >= 4 is 16.9 Å². The van der Waals surface area contributed by atoms with Crippen LogP contribution in [0.4, 0.5) is 0 Å². The first-order valence-corrected chi connectivity index (χ1v) is 8.87. The third-order valence-electron chi connectivity index (χ3n) is 3.97. The fraction of sp³-hybridized carbons (Fsp3) is 0.286. The van der Waals surface area contributed by atoms with E-state index in [1.165, 1.54) is 0 Å². The Kier molecular flexibility index (Phi) is 5.54. The van der Waals surface area contributed by atoms with E-state index in [-0.39, 0.29) is 5.56 Å². The van der Waals surface area contributed by atoms with Gasteiger partial charge in [0.15, 0.2) is 11.9 Å². The molecular weight excluding hydrogens is 344 g/mol. The normalized spacial score (nSPS) is 12.1. The van der Waals surface area contributed by atoms with E-state index < -0.39 is 12.1 Å². The molecule has 2 aromatic carbocycles. The molecule has 0 saturated carbocycles. The Balaban J connectivity index is 1.71. The van der Waals surface area contributed by atoms with Gasteiger partial charge in [-0.15, -0.1) is 0 Å². The fourth-order valence-corrected chi connectivity index (χ4v) is 2.53. The summed E-state index contributed by atoms with van der Waals surface area (Å²) in [5.41, 5.74) is 0.706. The first-order valence-electron chi connectivity index (χ1n) is 8.87. The number of ether oxygens (including phenoxy) is 2. The van der Waals surface area contributed by atoms with Crippen molar-refractivity contribution in [3.05, 3.63) is 70.3 Å². The summed E-state index contributed by atoms with van der Waals surface area (Å²) in [5.74, 6) is 0.943. The molecule has 27 heavy (non-hydrogen) atoms. The predicted octanol–water partition coefficient (Wildman–Crippen LogP) is 3.88. The first-order chi connectivity index (χ1) is 12.9. The summed E-state index contributed by atoms with van der Waals surface area (Å²) in [6.07, 6.45) is -0.688. The highest BCUT2D eigenvalue weighted by molar-refractivity contribution is 5.89. The van der Waals surface area contributed by atoms with E-state index in [9.17, 15) is 9.59 Å². The van der Waals surface area contributed by atoms with Crippen LogP contribution >= 0.6 is 0 Å². The van der Waals surface area contributed by atoms with Crippen molar-refractivity contribution in [3.8, 4) is 5.75 Å². The maximum absolute atomic E-state index is 12.4. The molecule has 140 valence electrons. The van der Waals surface area contributed by atoms with Crippen LogP contribution in [0.25, 0.3) is 10.9 Å². The number of H-pyrrole nitrogens is 1. The molecule has 6 heteroatoms. The number of aromatic nitrogens is 2. The topological polar surface area (TPSA) is 81.3 Å². The van der Waals surface area contributed by atoms with Crippen LogP contribution in [0.3, 0.4) is 0 Å². The molecule has 1 heterocycles. The van der Waals surface area contributed by atoms with Gasteiger partial charge in [0, 0.05) is 0 Å². The highest BCUT2D eigenvalue weighted by atomic mass is 16.5. The van der Waals surface area contributed by atoms with Crippen LogP contribution < -0.4 is 10.3 Å². The van der Waals surface area contributed by atoms with Crippen LogP contribution in [0.2, 0.25) is 0 Å². The van der Waals surface area contributed by atoms with Gasteiger partial charge in [-0.1, -0.05) is 26.0 Å². The van der Waals surface area contributed by atoms with Gasteiger partial charge in [0.05, 0.1) is 23.1 Å².